The summed E-state index contributed by atoms with van der Waals surface area (Å²) >= 11 is 0. The van der Waals surface area contributed by atoms with Gasteiger partial charge in [0.05, 0.1) is 16.6 Å². The van der Waals surface area contributed by atoms with Gasteiger partial charge in [-0.15, -0.1) is 0 Å². The van der Waals surface area contributed by atoms with E-state index in [4.69, 9.17) is 4.74 Å². The van der Waals surface area contributed by atoms with E-state index in [0.717, 1.165) is 11.1 Å². The van der Waals surface area contributed by atoms with E-state index < -0.39 is 33.6 Å². The molecule has 0 bridgehead atoms. The Morgan fingerprint density at radius 1 is 1.00 bits per heavy atom. The van der Waals surface area contributed by atoms with Crippen LogP contribution in [-0.2, 0) is 19.4 Å². The third-order valence-electron chi connectivity index (χ3n) is 4.34. The molecule has 0 unspecified atom stereocenters. The number of ketones is 1. The van der Waals surface area contributed by atoms with Gasteiger partial charge in [0.1, 0.15) is 6.10 Å². The molecular weight excluding hydrogens is 364 g/mol. The summed E-state index contributed by atoms with van der Waals surface area (Å²) in [7, 11) is -3.73. The van der Waals surface area contributed by atoms with Crippen molar-refractivity contribution in [3.8, 4) is 0 Å². The largest absolute Gasteiger partial charge is 0.462 e. The van der Waals surface area contributed by atoms with Gasteiger partial charge in [-0.05, 0) is 39.0 Å². The number of hydrogen-bond acceptors (Lipinski definition) is 5. The van der Waals surface area contributed by atoms with Gasteiger partial charge in [0.15, 0.2) is 15.6 Å². The Hall–Kier alpha value is -2.47. The summed E-state index contributed by atoms with van der Waals surface area (Å²) in [4.78, 5) is 24.5. The standard InChI is InChI=1S/C21H24O5S/c1-14-8-10-19(11-9-14)27(24,25)13-20(16(3)26-17(4)22)21(23)18-7-5-6-15(2)12-18/h5-12,16,20H,13H2,1-4H3/t16-,20+/m0/s1. The molecule has 0 N–H and O–H groups in total. The molecule has 0 aliphatic heterocycles. The van der Waals surface area contributed by atoms with E-state index in [1.54, 1.807) is 37.3 Å². The van der Waals surface area contributed by atoms with Crippen LogP contribution in [0.5, 0.6) is 0 Å². The highest BCUT2D eigenvalue weighted by Crippen LogP contribution is 2.22. The first-order chi connectivity index (χ1) is 12.6. The fourth-order valence-corrected chi connectivity index (χ4v) is 4.50. The molecular formula is C21H24O5S. The molecule has 0 spiro atoms. The van der Waals surface area contributed by atoms with Gasteiger partial charge in [0, 0.05) is 12.5 Å². The van der Waals surface area contributed by atoms with Crippen molar-refractivity contribution < 1.29 is 22.7 Å². The highest BCUT2D eigenvalue weighted by Gasteiger charge is 2.33. The third kappa shape index (κ3) is 5.50. The second-order valence-corrected chi connectivity index (χ2v) is 8.78. The molecule has 5 nitrogen and oxygen atoms in total. The van der Waals surface area contributed by atoms with Crippen molar-refractivity contribution in [1.29, 1.82) is 0 Å². The van der Waals surface area contributed by atoms with E-state index in [1.807, 2.05) is 19.9 Å². The van der Waals surface area contributed by atoms with Crippen LogP contribution in [0.15, 0.2) is 53.4 Å². The maximum absolute atomic E-state index is 13.0. The second-order valence-electron chi connectivity index (χ2n) is 6.75. The molecule has 0 fully saturated rings. The number of Topliss-reactive ketones (excluding diaryl/α,β-unsaturated/α-hetero) is 1. The molecule has 2 atom stereocenters. The van der Waals surface area contributed by atoms with Crippen molar-refractivity contribution in [2.75, 3.05) is 5.75 Å². The normalized spacial score (nSPS) is 13.6. The van der Waals surface area contributed by atoms with Crippen LogP contribution >= 0.6 is 0 Å². The minimum atomic E-state index is -3.73. The number of benzene rings is 2. The molecule has 2 aromatic rings. The van der Waals surface area contributed by atoms with Crippen LogP contribution in [0.1, 0.15) is 35.3 Å². The lowest BCUT2D eigenvalue weighted by Crippen LogP contribution is -2.35. The molecule has 27 heavy (non-hydrogen) atoms. The highest BCUT2D eigenvalue weighted by molar-refractivity contribution is 7.91. The number of carbonyl (C=O) groups is 2. The van der Waals surface area contributed by atoms with Crippen LogP contribution < -0.4 is 0 Å². The van der Waals surface area contributed by atoms with E-state index in [-0.39, 0.29) is 10.7 Å². The first-order valence-electron chi connectivity index (χ1n) is 8.67. The molecule has 0 heterocycles. The first kappa shape index (κ1) is 20.8. The summed E-state index contributed by atoms with van der Waals surface area (Å²) < 4.78 is 30.9. The minimum absolute atomic E-state index is 0.144. The Bertz CT molecular complexity index is 929. The Morgan fingerprint density at radius 2 is 1.63 bits per heavy atom. The van der Waals surface area contributed by atoms with Crippen LogP contribution in [0.3, 0.4) is 0 Å². The molecule has 2 aromatic carbocycles. The highest BCUT2D eigenvalue weighted by atomic mass is 32.2. The predicted octanol–water partition coefficient (Wildman–Crippen LogP) is 3.53. The van der Waals surface area contributed by atoms with Crippen LogP contribution in [0, 0.1) is 19.8 Å². The molecule has 0 saturated carbocycles. The van der Waals surface area contributed by atoms with Crippen LogP contribution in [-0.4, -0.2) is 32.0 Å². The summed E-state index contributed by atoms with van der Waals surface area (Å²) in [5.41, 5.74) is 2.23. The fraction of sp³-hybridized carbons (Fsp3) is 0.333. The van der Waals surface area contributed by atoms with Gasteiger partial charge in [-0.3, -0.25) is 9.59 Å². The number of sulfone groups is 1. The molecule has 0 aromatic heterocycles. The number of rotatable bonds is 7. The molecule has 144 valence electrons. The average molecular weight is 388 g/mol. The number of ether oxygens (including phenoxy) is 1. The van der Waals surface area contributed by atoms with Gasteiger partial charge < -0.3 is 4.74 Å². The molecule has 2 rings (SSSR count). The lowest BCUT2D eigenvalue weighted by molar-refractivity contribution is -0.146. The summed E-state index contributed by atoms with van der Waals surface area (Å²) in [5.74, 6) is -2.35. The Kier molecular flexibility index (Phi) is 6.54. The van der Waals surface area contributed by atoms with Crippen LogP contribution in [0.4, 0.5) is 0 Å². The summed E-state index contributed by atoms with van der Waals surface area (Å²) in [6.07, 6.45) is -0.865. The number of hydrogen-bond donors (Lipinski definition) is 0. The molecule has 0 saturated heterocycles. The molecule has 0 aliphatic rings. The monoisotopic (exact) mass is 388 g/mol. The minimum Gasteiger partial charge on any atom is -0.462 e. The maximum Gasteiger partial charge on any atom is 0.302 e. The molecule has 0 aliphatic carbocycles. The van der Waals surface area contributed by atoms with Crippen molar-refractivity contribution in [2.45, 2.75) is 38.7 Å². The smallest absolute Gasteiger partial charge is 0.302 e. The van der Waals surface area contributed by atoms with Gasteiger partial charge in [0.25, 0.3) is 0 Å². The molecule has 0 amide bonds. The zero-order valence-corrected chi connectivity index (χ0v) is 16.7. The first-order valence-corrected chi connectivity index (χ1v) is 10.3. The number of esters is 1. The van der Waals surface area contributed by atoms with Crippen molar-refractivity contribution >= 4 is 21.6 Å². The van der Waals surface area contributed by atoms with E-state index in [1.165, 1.54) is 19.1 Å². The lowest BCUT2D eigenvalue weighted by atomic mass is 9.94. The number of aryl methyl sites for hydroxylation is 2. The van der Waals surface area contributed by atoms with Gasteiger partial charge in [0.2, 0.25) is 0 Å². The van der Waals surface area contributed by atoms with Gasteiger partial charge in [-0.2, -0.15) is 0 Å². The van der Waals surface area contributed by atoms with Crippen LogP contribution in [0.2, 0.25) is 0 Å². The van der Waals surface area contributed by atoms with E-state index in [0.29, 0.717) is 5.56 Å². The third-order valence-corrected chi connectivity index (χ3v) is 6.13. The SMILES string of the molecule is CC(=O)O[C@@H](C)[C@@H](CS(=O)(=O)c1ccc(C)cc1)C(=O)c1cccc(C)c1. The van der Waals surface area contributed by atoms with Crippen molar-refractivity contribution in [1.82, 2.24) is 0 Å². The topological polar surface area (TPSA) is 77.5 Å². The quantitative estimate of drug-likeness (QED) is 0.536. The zero-order chi connectivity index (χ0) is 20.2. The Morgan fingerprint density at radius 3 is 2.19 bits per heavy atom. The maximum atomic E-state index is 13.0. The lowest BCUT2D eigenvalue weighted by Gasteiger charge is -2.23. The summed E-state index contributed by atoms with van der Waals surface area (Å²) in [6.45, 7) is 6.50. The average Bonchev–Trinajstić information content (AvgIpc) is 2.59. The second kappa shape index (κ2) is 8.48. The summed E-state index contributed by atoms with van der Waals surface area (Å²) in [5, 5.41) is 0. The zero-order valence-electron chi connectivity index (χ0n) is 15.9. The van der Waals surface area contributed by atoms with E-state index >= 15 is 0 Å². The number of carbonyl (C=O) groups excluding carboxylic acids is 2. The van der Waals surface area contributed by atoms with Gasteiger partial charge in [-0.25, -0.2) is 8.42 Å². The van der Waals surface area contributed by atoms with Gasteiger partial charge in [-0.1, -0.05) is 41.5 Å². The van der Waals surface area contributed by atoms with Gasteiger partial charge >= 0.3 is 5.97 Å². The van der Waals surface area contributed by atoms with E-state index in [9.17, 15) is 18.0 Å². The molecule has 0 radical (unpaired) electrons. The van der Waals surface area contributed by atoms with Crippen molar-refractivity contribution in [2.24, 2.45) is 5.92 Å². The molecule has 6 heteroatoms. The van der Waals surface area contributed by atoms with Crippen molar-refractivity contribution in [3.63, 3.8) is 0 Å². The predicted molar refractivity (Wildman–Crippen MR) is 103 cm³/mol. The Balaban J connectivity index is 2.38. The fourth-order valence-electron chi connectivity index (χ4n) is 2.86. The van der Waals surface area contributed by atoms with Crippen LogP contribution in [0.25, 0.3) is 0 Å². The van der Waals surface area contributed by atoms with E-state index in [2.05, 4.69) is 0 Å². The van der Waals surface area contributed by atoms with Crippen molar-refractivity contribution in [3.05, 3.63) is 65.2 Å². The summed E-state index contributed by atoms with van der Waals surface area (Å²) in [6, 6.07) is 13.4. The Labute approximate surface area is 160 Å².